The molecule has 3 aliphatic rings. The van der Waals surface area contributed by atoms with Crippen LogP contribution in [0.2, 0.25) is 0 Å². The predicted octanol–water partition coefficient (Wildman–Crippen LogP) is 4.09. The summed E-state index contributed by atoms with van der Waals surface area (Å²) in [5, 5.41) is 7.30. The summed E-state index contributed by atoms with van der Waals surface area (Å²) in [5.74, 6) is 1.36. The van der Waals surface area contributed by atoms with Gasteiger partial charge in [-0.25, -0.2) is 9.38 Å². The highest BCUT2D eigenvalue weighted by Gasteiger charge is 2.32. The highest BCUT2D eigenvalue weighted by molar-refractivity contribution is 6.05. The summed E-state index contributed by atoms with van der Waals surface area (Å²) in [5.41, 5.74) is 6.83. The molecule has 0 spiro atoms. The Hall–Kier alpha value is -2.35. The van der Waals surface area contributed by atoms with Crippen LogP contribution in [0.3, 0.4) is 0 Å². The lowest BCUT2D eigenvalue weighted by molar-refractivity contribution is 0.282. The van der Waals surface area contributed by atoms with Crippen LogP contribution in [0.5, 0.6) is 5.75 Å². The Kier molecular flexibility index (Phi) is 7.50. The number of hydrogen-bond acceptors (Lipinski definition) is 7. The molecule has 3 unspecified atom stereocenters. The highest BCUT2D eigenvalue weighted by atomic mass is 19.1. The molecule has 0 bridgehead atoms. The van der Waals surface area contributed by atoms with Crippen LogP contribution in [0.25, 0.3) is 0 Å². The number of nitrogens with two attached hydrogens (primary N) is 1. The number of anilines is 1. The second-order valence-corrected chi connectivity index (χ2v) is 9.45. The lowest BCUT2D eigenvalue weighted by Crippen LogP contribution is -2.59. The summed E-state index contributed by atoms with van der Waals surface area (Å²) in [6, 6.07) is 5.64. The third kappa shape index (κ3) is 5.52. The number of nitrogens with zero attached hydrogens (tertiary/aromatic N) is 3. The minimum Gasteiger partial charge on any atom is -0.494 e. The SMILES string of the molecule is COc1ccc(N2C(NC3CCCCCC3)=NC(N)=NC2NC2CCCC(C)C2)cc1F. The van der Waals surface area contributed by atoms with E-state index in [0.717, 1.165) is 25.7 Å². The summed E-state index contributed by atoms with van der Waals surface area (Å²) in [7, 11) is 1.47. The molecule has 0 aromatic heterocycles. The zero-order valence-electron chi connectivity index (χ0n) is 19.3. The number of benzene rings is 1. The molecule has 1 aromatic rings. The average molecular weight is 445 g/mol. The van der Waals surface area contributed by atoms with Crippen molar-refractivity contribution >= 4 is 17.6 Å². The molecule has 176 valence electrons. The zero-order valence-corrected chi connectivity index (χ0v) is 19.3. The topological polar surface area (TPSA) is 87.3 Å². The summed E-state index contributed by atoms with van der Waals surface area (Å²) in [4.78, 5) is 11.1. The summed E-state index contributed by atoms with van der Waals surface area (Å²) < 4.78 is 19.8. The average Bonchev–Trinajstić information content (AvgIpc) is 3.02. The summed E-state index contributed by atoms with van der Waals surface area (Å²) in [6.45, 7) is 2.30. The monoisotopic (exact) mass is 444 g/mol. The molecule has 3 atom stereocenters. The van der Waals surface area contributed by atoms with E-state index < -0.39 is 12.1 Å². The van der Waals surface area contributed by atoms with Crippen molar-refractivity contribution in [1.82, 2.24) is 10.6 Å². The van der Waals surface area contributed by atoms with Crippen LogP contribution in [-0.2, 0) is 0 Å². The molecule has 1 aliphatic heterocycles. The molecule has 8 heteroatoms. The fraction of sp³-hybridized carbons (Fsp3) is 0.667. The van der Waals surface area contributed by atoms with Crippen molar-refractivity contribution in [3.05, 3.63) is 24.0 Å². The van der Waals surface area contributed by atoms with E-state index in [-0.39, 0.29) is 11.7 Å². The van der Waals surface area contributed by atoms with Crippen molar-refractivity contribution in [3.8, 4) is 5.75 Å². The number of halogens is 1. The number of methoxy groups -OCH3 is 1. The molecule has 7 nitrogen and oxygen atoms in total. The van der Waals surface area contributed by atoms with Gasteiger partial charge in [-0.05, 0) is 43.7 Å². The molecule has 32 heavy (non-hydrogen) atoms. The number of hydrogen-bond donors (Lipinski definition) is 3. The number of rotatable bonds is 5. The Morgan fingerprint density at radius 1 is 1.06 bits per heavy atom. The molecular weight excluding hydrogens is 407 g/mol. The Labute approximate surface area is 190 Å². The molecule has 4 rings (SSSR count). The number of ether oxygens (including phenoxy) is 1. The molecule has 0 amide bonds. The Balaban J connectivity index is 1.63. The maximum atomic E-state index is 14.7. The van der Waals surface area contributed by atoms with Crippen molar-refractivity contribution in [3.63, 3.8) is 0 Å². The van der Waals surface area contributed by atoms with Crippen LogP contribution >= 0.6 is 0 Å². The van der Waals surface area contributed by atoms with Gasteiger partial charge in [-0.15, -0.1) is 0 Å². The third-order valence-electron chi connectivity index (χ3n) is 6.87. The standard InChI is InChI=1S/C24H37FN6O/c1-16-8-7-11-18(14-16)28-24-30-22(26)29-23(27-17-9-5-3-4-6-10-17)31(24)19-12-13-21(32-2)20(25)15-19/h12-13,15-18,24,28H,3-11,14H2,1-2H3,(H3,26,27,29,30). The molecular formula is C24H37FN6O. The molecule has 1 aromatic carbocycles. The maximum Gasteiger partial charge on any atom is 0.221 e. The second kappa shape index (κ2) is 10.5. The van der Waals surface area contributed by atoms with Gasteiger partial charge in [-0.2, -0.15) is 4.99 Å². The second-order valence-electron chi connectivity index (χ2n) is 9.45. The van der Waals surface area contributed by atoms with Crippen LogP contribution in [0.4, 0.5) is 10.1 Å². The van der Waals surface area contributed by atoms with Crippen LogP contribution in [0.15, 0.2) is 28.2 Å². The number of nitrogens with one attached hydrogen (secondary N) is 2. The molecule has 1 heterocycles. The minimum absolute atomic E-state index is 0.217. The smallest absolute Gasteiger partial charge is 0.221 e. The van der Waals surface area contributed by atoms with Gasteiger partial charge < -0.3 is 15.8 Å². The van der Waals surface area contributed by atoms with Crippen LogP contribution in [-0.4, -0.2) is 37.4 Å². The first-order valence-electron chi connectivity index (χ1n) is 12.1. The van der Waals surface area contributed by atoms with E-state index in [1.165, 1.54) is 51.7 Å². The van der Waals surface area contributed by atoms with E-state index in [1.54, 1.807) is 6.07 Å². The minimum atomic E-state index is -0.441. The van der Waals surface area contributed by atoms with E-state index >= 15 is 0 Å². The first-order valence-corrected chi connectivity index (χ1v) is 12.1. The fourth-order valence-electron chi connectivity index (χ4n) is 5.17. The van der Waals surface area contributed by atoms with Gasteiger partial charge in [-0.3, -0.25) is 10.2 Å². The fourth-order valence-corrected chi connectivity index (χ4v) is 5.17. The molecule has 0 radical (unpaired) electrons. The van der Waals surface area contributed by atoms with E-state index in [4.69, 9.17) is 10.5 Å². The van der Waals surface area contributed by atoms with Crippen molar-refractivity contribution in [2.75, 3.05) is 12.0 Å². The van der Waals surface area contributed by atoms with Gasteiger partial charge in [0.25, 0.3) is 0 Å². The van der Waals surface area contributed by atoms with Gasteiger partial charge in [-0.1, -0.05) is 45.4 Å². The van der Waals surface area contributed by atoms with Gasteiger partial charge >= 0.3 is 0 Å². The first kappa shape index (κ1) is 22.8. The molecule has 0 saturated heterocycles. The Morgan fingerprint density at radius 3 is 2.50 bits per heavy atom. The molecule has 2 fully saturated rings. The maximum absolute atomic E-state index is 14.7. The predicted molar refractivity (Wildman–Crippen MR) is 127 cm³/mol. The van der Waals surface area contributed by atoms with Crippen molar-refractivity contribution in [2.24, 2.45) is 21.6 Å². The molecule has 2 saturated carbocycles. The van der Waals surface area contributed by atoms with Gasteiger partial charge in [0.05, 0.1) is 12.8 Å². The van der Waals surface area contributed by atoms with Crippen LogP contribution < -0.4 is 26.0 Å². The number of aliphatic imine (C=N–C) groups is 2. The summed E-state index contributed by atoms with van der Waals surface area (Å²) >= 11 is 0. The van der Waals surface area contributed by atoms with E-state index in [2.05, 4.69) is 27.5 Å². The lowest BCUT2D eigenvalue weighted by Gasteiger charge is -2.39. The van der Waals surface area contributed by atoms with E-state index in [0.29, 0.717) is 29.6 Å². The molecule has 2 aliphatic carbocycles. The van der Waals surface area contributed by atoms with Crippen LogP contribution in [0, 0.1) is 11.7 Å². The van der Waals surface area contributed by atoms with Crippen molar-refractivity contribution in [1.29, 1.82) is 0 Å². The molecule has 4 N–H and O–H groups in total. The van der Waals surface area contributed by atoms with Crippen molar-refractivity contribution in [2.45, 2.75) is 89.5 Å². The highest BCUT2D eigenvalue weighted by Crippen LogP contribution is 2.29. The Bertz CT molecular complexity index is 836. The Morgan fingerprint density at radius 2 is 1.81 bits per heavy atom. The van der Waals surface area contributed by atoms with Gasteiger partial charge in [0.2, 0.25) is 11.9 Å². The lowest BCUT2D eigenvalue weighted by atomic mass is 9.87. The number of guanidine groups is 2. The van der Waals surface area contributed by atoms with E-state index in [9.17, 15) is 4.39 Å². The largest absolute Gasteiger partial charge is 0.494 e. The van der Waals surface area contributed by atoms with Crippen molar-refractivity contribution < 1.29 is 9.13 Å². The first-order chi connectivity index (χ1) is 15.5. The summed E-state index contributed by atoms with van der Waals surface area (Å²) in [6.07, 6.45) is 11.4. The van der Waals surface area contributed by atoms with Gasteiger partial charge in [0.15, 0.2) is 17.9 Å². The third-order valence-corrected chi connectivity index (χ3v) is 6.87. The van der Waals surface area contributed by atoms with Gasteiger partial charge in [0.1, 0.15) is 0 Å². The van der Waals surface area contributed by atoms with Crippen LogP contribution in [0.1, 0.15) is 71.1 Å². The van der Waals surface area contributed by atoms with E-state index in [1.807, 2.05) is 11.0 Å². The quantitative estimate of drug-likeness (QED) is 0.596. The normalized spacial score (nSPS) is 27.3. The van der Waals surface area contributed by atoms with Gasteiger partial charge in [0, 0.05) is 18.2 Å². The zero-order chi connectivity index (χ0) is 22.5.